The van der Waals surface area contributed by atoms with Crippen LogP contribution in [-0.2, 0) is 0 Å². The van der Waals surface area contributed by atoms with Gasteiger partial charge in [-0.3, -0.25) is 4.90 Å². The van der Waals surface area contributed by atoms with Crippen molar-refractivity contribution in [2.45, 2.75) is 52.0 Å². The third-order valence-electron chi connectivity index (χ3n) is 4.42. The lowest BCUT2D eigenvalue weighted by Crippen LogP contribution is -2.62. The molecular formula is C13H25NO. The van der Waals surface area contributed by atoms with Gasteiger partial charge in [-0.05, 0) is 24.2 Å². The van der Waals surface area contributed by atoms with Crippen LogP contribution in [0.1, 0.15) is 46.0 Å². The lowest BCUT2D eigenvalue weighted by atomic mass is 9.68. The second-order valence-electron chi connectivity index (χ2n) is 5.96. The van der Waals surface area contributed by atoms with E-state index in [0.717, 1.165) is 0 Å². The van der Waals surface area contributed by atoms with Gasteiger partial charge in [0.25, 0.3) is 0 Å². The van der Waals surface area contributed by atoms with Crippen LogP contribution >= 0.6 is 0 Å². The second kappa shape index (κ2) is 4.42. The first kappa shape index (κ1) is 11.4. The molecule has 0 bridgehead atoms. The molecule has 0 aromatic rings. The largest absolute Gasteiger partial charge is 0.395 e. The summed E-state index contributed by atoms with van der Waals surface area (Å²) in [5, 5.41) is 9.38. The fraction of sp³-hybridized carbons (Fsp3) is 1.00. The van der Waals surface area contributed by atoms with Gasteiger partial charge in [-0.1, -0.05) is 33.1 Å². The molecule has 0 amide bonds. The smallest absolute Gasteiger partial charge is 0.0589 e. The summed E-state index contributed by atoms with van der Waals surface area (Å²) in [6, 6.07) is 0.401. The average Bonchev–Trinajstić information content (AvgIpc) is 2.17. The van der Waals surface area contributed by atoms with E-state index in [0.29, 0.717) is 24.0 Å². The summed E-state index contributed by atoms with van der Waals surface area (Å²) in [6.45, 7) is 7.25. The number of hydrogen-bond donors (Lipinski definition) is 1. The molecule has 0 radical (unpaired) electrons. The number of nitrogens with zero attached hydrogens (tertiary/aromatic N) is 1. The number of hydrogen-bond acceptors (Lipinski definition) is 2. The van der Waals surface area contributed by atoms with E-state index >= 15 is 0 Å². The first-order valence-corrected chi connectivity index (χ1v) is 6.52. The summed E-state index contributed by atoms with van der Waals surface area (Å²) in [7, 11) is 0. The van der Waals surface area contributed by atoms with Crippen LogP contribution in [0.2, 0.25) is 0 Å². The third-order valence-corrected chi connectivity index (χ3v) is 4.42. The molecule has 0 aromatic carbocycles. The number of aliphatic hydroxyl groups is 1. The molecule has 88 valence electrons. The maximum Gasteiger partial charge on any atom is 0.0589 e. The second-order valence-corrected chi connectivity index (χ2v) is 5.96. The zero-order chi connectivity index (χ0) is 10.9. The lowest BCUT2D eigenvalue weighted by Gasteiger charge is -2.55. The van der Waals surface area contributed by atoms with E-state index in [-0.39, 0.29) is 0 Å². The van der Waals surface area contributed by atoms with Gasteiger partial charge in [-0.2, -0.15) is 0 Å². The molecule has 1 atom stereocenters. The van der Waals surface area contributed by atoms with Crippen molar-refractivity contribution in [1.29, 1.82) is 0 Å². The normalized spacial score (nSPS) is 28.0. The highest BCUT2D eigenvalue weighted by atomic mass is 16.3. The van der Waals surface area contributed by atoms with Crippen LogP contribution in [-0.4, -0.2) is 35.7 Å². The van der Waals surface area contributed by atoms with Gasteiger partial charge in [0.1, 0.15) is 0 Å². The van der Waals surface area contributed by atoms with Gasteiger partial charge < -0.3 is 5.11 Å². The molecular weight excluding hydrogens is 186 g/mol. The third kappa shape index (κ3) is 2.21. The molecule has 1 N–H and O–H groups in total. The summed E-state index contributed by atoms with van der Waals surface area (Å²) in [5.74, 6) is 0.580. The minimum absolute atomic E-state index is 0.327. The van der Waals surface area contributed by atoms with E-state index in [4.69, 9.17) is 0 Å². The zero-order valence-corrected chi connectivity index (χ0v) is 10.2. The fourth-order valence-electron chi connectivity index (χ4n) is 3.42. The summed E-state index contributed by atoms with van der Waals surface area (Å²) >= 11 is 0. The maximum atomic E-state index is 9.38. The molecule has 1 aliphatic carbocycles. The predicted molar refractivity (Wildman–Crippen MR) is 62.8 cm³/mol. The predicted octanol–water partition coefficient (Wildman–Crippen LogP) is 2.27. The van der Waals surface area contributed by atoms with E-state index in [2.05, 4.69) is 18.7 Å². The molecule has 0 aromatic heterocycles. The Hall–Kier alpha value is -0.0800. The number of aliphatic hydroxyl groups excluding tert-OH is 1. The quantitative estimate of drug-likeness (QED) is 0.774. The van der Waals surface area contributed by atoms with Crippen LogP contribution in [0.5, 0.6) is 0 Å². The van der Waals surface area contributed by atoms with Crippen molar-refractivity contribution in [3.8, 4) is 0 Å². The van der Waals surface area contributed by atoms with Crippen molar-refractivity contribution in [3.05, 3.63) is 0 Å². The van der Waals surface area contributed by atoms with Gasteiger partial charge in [0.15, 0.2) is 0 Å². The molecule has 1 saturated carbocycles. The average molecular weight is 211 g/mol. The van der Waals surface area contributed by atoms with E-state index in [1.165, 1.54) is 45.2 Å². The van der Waals surface area contributed by atoms with Gasteiger partial charge in [-0.25, -0.2) is 0 Å². The molecule has 1 unspecified atom stereocenters. The maximum absolute atomic E-state index is 9.38. The van der Waals surface area contributed by atoms with Crippen LogP contribution < -0.4 is 0 Å². The highest BCUT2D eigenvalue weighted by molar-refractivity contribution is 4.99. The van der Waals surface area contributed by atoms with Crippen LogP contribution in [0.3, 0.4) is 0 Å². The first-order valence-electron chi connectivity index (χ1n) is 6.52. The van der Waals surface area contributed by atoms with Crippen molar-refractivity contribution >= 4 is 0 Å². The monoisotopic (exact) mass is 211 g/mol. The van der Waals surface area contributed by atoms with E-state index in [1.807, 2.05) is 0 Å². The van der Waals surface area contributed by atoms with Gasteiger partial charge in [-0.15, -0.1) is 0 Å². The Morgan fingerprint density at radius 2 is 1.73 bits per heavy atom. The molecule has 2 rings (SSSR count). The topological polar surface area (TPSA) is 23.5 Å². The molecule has 2 heteroatoms. The Bertz CT molecular complexity index is 201. The Morgan fingerprint density at radius 1 is 1.13 bits per heavy atom. The first-order chi connectivity index (χ1) is 7.17. The van der Waals surface area contributed by atoms with Crippen molar-refractivity contribution in [3.63, 3.8) is 0 Å². The van der Waals surface area contributed by atoms with Gasteiger partial charge in [0.2, 0.25) is 0 Å². The highest BCUT2D eigenvalue weighted by Gasteiger charge is 2.45. The van der Waals surface area contributed by atoms with Gasteiger partial charge in [0.05, 0.1) is 6.61 Å². The Kier molecular flexibility index (Phi) is 3.36. The Morgan fingerprint density at radius 3 is 2.20 bits per heavy atom. The summed E-state index contributed by atoms with van der Waals surface area (Å²) in [4.78, 5) is 2.50. The minimum Gasteiger partial charge on any atom is -0.395 e. The van der Waals surface area contributed by atoms with Crippen LogP contribution in [0, 0.1) is 11.3 Å². The molecule has 15 heavy (non-hydrogen) atoms. The van der Waals surface area contributed by atoms with E-state index in [1.54, 1.807) is 0 Å². The van der Waals surface area contributed by atoms with Crippen molar-refractivity contribution in [1.82, 2.24) is 4.90 Å². The standard InChI is InChI=1S/C13H25NO/c1-11(2)12(8-15)14-9-13(10-14)6-4-3-5-7-13/h11-12,15H,3-10H2,1-2H3. The van der Waals surface area contributed by atoms with Gasteiger partial charge in [0, 0.05) is 19.1 Å². The van der Waals surface area contributed by atoms with Crippen molar-refractivity contribution in [2.24, 2.45) is 11.3 Å². The highest BCUT2D eigenvalue weighted by Crippen LogP contribution is 2.44. The lowest BCUT2D eigenvalue weighted by molar-refractivity contribution is -0.0777. The van der Waals surface area contributed by atoms with Crippen molar-refractivity contribution < 1.29 is 5.11 Å². The SMILES string of the molecule is CC(C)C(CO)N1CC2(CCCCC2)C1. The Labute approximate surface area is 93.7 Å². The molecule has 1 spiro atoms. The summed E-state index contributed by atoms with van der Waals surface area (Å²) < 4.78 is 0. The van der Waals surface area contributed by atoms with Crippen LogP contribution in [0.4, 0.5) is 0 Å². The molecule has 2 nitrogen and oxygen atoms in total. The molecule has 1 saturated heterocycles. The fourth-order valence-corrected chi connectivity index (χ4v) is 3.42. The molecule has 2 fully saturated rings. The summed E-state index contributed by atoms with van der Waals surface area (Å²) in [6.07, 6.45) is 7.16. The number of rotatable bonds is 3. The van der Waals surface area contributed by atoms with E-state index in [9.17, 15) is 5.11 Å². The van der Waals surface area contributed by atoms with Crippen LogP contribution in [0.25, 0.3) is 0 Å². The molecule has 1 heterocycles. The molecule has 2 aliphatic rings. The zero-order valence-electron chi connectivity index (χ0n) is 10.2. The minimum atomic E-state index is 0.327. The van der Waals surface area contributed by atoms with Crippen molar-refractivity contribution in [2.75, 3.05) is 19.7 Å². The van der Waals surface area contributed by atoms with Gasteiger partial charge >= 0.3 is 0 Å². The number of likely N-dealkylation sites (tertiary alicyclic amines) is 1. The summed E-state index contributed by atoms with van der Waals surface area (Å²) in [5.41, 5.74) is 0.653. The van der Waals surface area contributed by atoms with E-state index < -0.39 is 0 Å². The molecule has 1 aliphatic heterocycles. The Balaban J connectivity index is 1.85. The van der Waals surface area contributed by atoms with Crippen LogP contribution in [0.15, 0.2) is 0 Å².